The first kappa shape index (κ1) is 19.5. The number of halogens is 1. The molecular formula is C25H20ClN3O2. The molecule has 0 radical (unpaired) electrons. The Morgan fingerprint density at radius 1 is 1.03 bits per heavy atom. The maximum absolute atomic E-state index is 13.6. The van der Waals surface area contributed by atoms with E-state index < -0.39 is 0 Å². The van der Waals surface area contributed by atoms with Crippen LogP contribution in [0.1, 0.15) is 27.9 Å². The number of aryl methyl sites for hydroxylation is 1. The standard InChI is InChI=1S/C25H20ClN3O2/c26-20-11-9-17(10-12-20)16-29-23-19(6-3-13-27-23)15-21(25(29)31)24(30)28-14-4-7-18-5-1-2-8-22(18)28/h1-3,5-6,8-13,15H,4,7,14,16H2. The zero-order chi connectivity index (χ0) is 21.4. The van der Waals surface area contributed by atoms with Crippen molar-refractivity contribution in [3.05, 3.63) is 105 Å². The fourth-order valence-electron chi connectivity index (χ4n) is 4.17. The van der Waals surface area contributed by atoms with E-state index in [1.807, 2.05) is 48.5 Å². The maximum atomic E-state index is 13.6. The van der Waals surface area contributed by atoms with Crippen molar-refractivity contribution in [2.24, 2.45) is 0 Å². The number of hydrogen-bond donors (Lipinski definition) is 0. The molecule has 3 heterocycles. The van der Waals surface area contributed by atoms with Gasteiger partial charge in [0.1, 0.15) is 11.2 Å². The Morgan fingerprint density at radius 3 is 2.68 bits per heavy atom. The third kappa shape index (κ3) is 3.62. The number of pyridine rings is 2. The van der Waals surface area contributed by atoms with Gasteiger partial charge in [-0.25, -0.2) is 4.98 Å². The van der Waals surface area contributed by atoms with E-state index in [0.29, 0.717) is 23.8 Å². The molecule has 6 heteroatoms. The van der Waals surface area contributed by atoms with Gasteiger partial charge in [-0.05, 0) is 60.4 Å². The van der Waals surface area contributed by atoms with E-state index in [2.05, 4.69) is 4.98 Å². The Kier molecular flexibility index (Phi) is 5.04. The first-order valence-electron chi connectivity index (χ1n) is 10.2. The highest BCUT2D eigenvalue weighted by molar-refractivity contribution is 6.30. The Hall–Kier alpha value is -3.44. The van der Waals surface area contributed by atoms with Crippen molar-refractivity contribution in [3.8, 4) is 0 Å². The zero-order valence-electron chi connectivity index (χ0n) is 16.8. The van der Waals surface area contributed by atoms with Gasteiger partial charge in [0.2, 0.25) is 0 Å². The van der Waals surface area contributed by atoms with Crippen LogP contribution >= 0.6 is 11.6 Å². The number of rotatable bonds is 3. The van der Waals surface area contributed by atoms with Gasteiger partial charge >= 0.3 is 0 Å². The molecule has 0 atom stereocenters. The highest BCUT2D eigenvalue weighted by atomic mass is 35.5. The van der Waals surface area contributed by atoms with Crippen molar-refractivity contribution < 1.29 is 4.79 Å². The fourth-order valence-corrected chi connectivity index (χ4v) is 4.29. The molecule has 0 fully saturated rings. The molecule has 2 aromatic carbocycles. The second kappa shape index (κ2) is 8.00. The monoisotopic (exact) mass is 429 g/mol. The number of nitrogens with zero attached hydrogens (tertiary/aromatic N) is 3. The molecule has 0 saturated heterocycles. The number of hydrogen-bond acceptors (Lipinski definition) is 3. The molecule has 0 aliphatic carbocycles. The summed E-state index contributed by atoms with van der Waals surface area (Å²) in [5.74, 6) is -0.271. The molecule has 0 saturated carbocycles. The quantitative estimate of drug-likeness (QED) is 0.474. The summed E-state index contributed by atoms with van der Waals surface area (Å²) in [7, 11) is 0. The van der Waals surface area contributed by atoms with Gasteiger partial charge in [0.05, 0.1) is 6.54 Å². The van der Waals surface area contributed by atoms with Crippen LogP contribution in [0.4, 0.5) is 5.69 Å². The van der Waals surface area contributed by atoms with E-state index >= 15 is 0 Å². The molecule has 5 rings (SSSR count). The van der Waals surface area contributed by atoms with E-state index in [0.717, 1.165) is 35.0 Å². The molecule has 1 aliphatic rings. The number of aromatic nitrogens is 2. The third-order valence-corrected chi connectivity index (χ3v) is 5.94. The summed E-state index contributed by atoms with van der Waals surface area (Å²) >= 11 is 6.00. The van der Waals surface area contributed by atoms with Crippen LogP contribution in [0.3, 0.4) is 0 Å². The number of carbonyl (C=O) groups is 1. The lowest BCUT2D eigenvalue weighted by atomic mass is 10.0. The number of benzene rings is 2. The van der Waals surface area contributed by atoms with Crippen LogP contribution in [0.25, 0.3) is 11.0 Å². The summed E-state index contributed by atoms with van der Waals surface area (Å²) < 4.78 is 1.57. The summed E-state index contributed by atoms with van der Waals surface area (Å²) in [5, 5.41) is 1.39. The number of amides is 1. The third-order valence-electron chi connectivity index (χ3n) is 5.69. The van der Waals surface area contributed by atoms with E-state index in [9.17, 15) is 9.59 Å². The van der Waals surface area contributed by atoms with Gasteiger partial charge in [-0.3, -0.25) is 14.2 Å². The molecule has 31 heavy (non-hydrogen) atoms. The highest BCUT2D eigenvalue weighted by Gasteiger charge is 2.26. The van der Waals surface area contributed by atoms with Gasteiger partial charge in [0, 0.05) is 28.8 Å². The molecule has 4 aromatic rings. The molecule has 5 nitrogen and oxygen atoms in total. The topological polar surface area (TPSA) is 55.2 Å². The van der Waals surface area contributed by atoms with E-state index in [4.69, 9.17) is 11.6 Å². The predicted octanol–water partition coefficient (Wildman–Crippen LogP) is 4.69. The van der Waals surface area contributed by atoms with Crippen molar-refractivity contribution in [1.82, 2.24) is 9.55 Å². The number of fused-ring (bicyclic) bond motifs is 2. The Morgan fingerprint density at radius 2 is 1.84 bits per heavy atom. The Bertz CT molecular complexity index is 1350. The average Bonchev–Trinajstić information content (AvgIpc) is 2.81. The molecular weight excluding hydrogens is 410 g/mol. The lowest BCUT2D eigenvalue weighted by Crippen LogP contribution is -2.39. The summed E-state index contributed by atoms with van der Waals surface area (Å²) in [5.41, 5.74) is 3.30. The molecule has 2 aromatic heterocycles. The van der Waals surface area contributed by atoms with Crippen LogP contribution in [0.2, 0.25) is 5.02 Å². The van der Waals surface area contributed by atoms with Crippen molar-refractivity contribution in [2.75, 3.05) is 11.4 Å². The zero-order valence-corrected chi connectivity index (χ0v) is 17.5. The van der Waals surface area contributed by atoms with Crippen LogP contribution in [0, 0.1) is 0 Å². The highest BCUT2D eigenvalue weighted by Crippen LogP contribution is 2.28. The predicted molar refractivity (Wildman–Crippen MR) is 123 cm³/mol. The van der Waals surface area contributed by atoms with Crippen molar-refractivity contribution in [1.29, 1.82) is 0 Å². The summed E-state index contributed by atoms with van der Waals surface area (Å²) in [4.78, 5) is 33.2. The van der Waals surface area contributed by atoms with E-state index in [1.165, 1.54) is 0 Å². The summed E-state index contributed by atoms with van der Waals surface area (Å²) in [6.07, 6.45) is 3.46. The number of carbonyl (C=O) groups excluding carboxylic acids is 1. The van der Waals surface area contributed by atoms with Gasteiger partial charge in [0.25, 0.3) is 11.5 Å². The van der Waals surface area contributed by atoms with Gasteiger partial charge in [0.15, 0.2) is 0 Å². The SMILES string of the molecule is O=C(c1cc2cccnc2n(Cc2ccc(Cl)cc2)c1=O)N1CCCc2ccccc21. The van der Waals surface area contributed by atoms with Crippen molar-refractivity contribution in [3.63, 3.8) is 0 Å². The lowest BCUT2D eigenvalue weighted by molar-refractivity contribution is 0.0983. The fraction of sp³-hybridized carbons (Fsp3) is 0.160. The maximum Gasteiger partial charge on any atom is 0.265 e. The van der Waals surface area contributed by atoms with Gasteiger partial charge in [-0.1, -0.05) is 41.9 Å². The number of anilines is 1. The van der Waals surface area contributed by atoms with Crippen LogP contribution in [-0.2, 0) is 13.0 Å². The van der Waals surface area contributed by atoms with E-state index in [-0.39, 0.29) is 17.0 Å². The van der Waals surface area contributed by atoms with Crippen LogP contribution in [0.15, 0.2) is 77.7 Å². The molecule has 0 N–H and O–H groups in total. The Labute approximate surface area is 184 Å². The molecule has 0 spiro atoms. The second-order valence-corrected chi connectivity index (χ2v) is 8.12. The van der Waals surface area contributed by atoms with Crippen LogP contribution in [-0.4, -0.2) is 22.0 Å². The average molecular weight is 430 g/mol. The Balaban J connectivity index is 1.63. The lowest BCUT2D eigenvalue weighted by Gasteiger charge is -2.29. The van der Waals surface area contributed by atoms with Gasteiger partial charge in [-0.15, -0.1) is 0 Å². The van der Waals surface area contributed by atoms with Crippen molar-refractivity contribution in [2.45, 2.75) is 19.4 Å². The van der Waals surface area contributed by atoms with E-state index in [1.54, 1.807) is 33.9 Å². The summed E-state index contributed by atoms with van der Waals surface area (Å²) in [6, 6.07) is 20.6. The molecule has 0 unspecified atom stereocenters. The van der Waals surface area contributed by atoms with Crippen LogP contribution < -0.4 is 10.5 Å². The number of para-hydroxylation sites is 1. The first-order valence-corrected chi connectivity index (χ1v) is 10.6. The molecule has 0 bridgehead atoms. The largest absolute Gasteiger partial charge is 0.308 e. The van der Waals surface area contributed by atoms with Gasteiger partial charge < -0.3 is 4.90 Å². The first-order chi connectivity index (χ1) is 15.1. The normalized spacial score (nSPS) is 13.3. The van der Waals surface area contributed by atoms with Gasteiger partial charge in [-0.2, -0.15) is 0 Å². The summed E-state index contributed by atoms with van der Waals surface area (Å²) in [6.45, 7) is 0.902. The smallest absolute Gasteiger partial charge is 0.265 e. The molecule has 1 aliphatic heterocycles. The molecule has 154 valence electrons. The van der Waals surface area contributed by atoms with Crippen molar-refractivity contribution >= 4 is 34.2 Å². The minimum absolute atomic E-state index is 0.158. The second-order valence-electron chi connectivity index (χ2n) is 7.68. The van der Waals surface area contributed by atoms with Crippen LogP contribution in [0.5, 0.6) is 0 Å². The minimum Gasteiger partial charge on any atom is -0.308 e. The molecule has 1 amide bonds. The minimum atomic E-state index is -0.339.